The van der Waals surface area contributed by atoms with E-state index in [1.54, 1.807) is 0 Å². The Hall–Kier alpha value is -0.940. The number of carboxylic acids is 1. The maximum atomic E-state index is 13.2. The highest BCUT2D eigenvalue weighted by molar-refractivity contribution is 6.53. The molecule has 0 radical (unpaired) electrons. The van der Waals surface area contributed by atoms with E-state index in [1.807, 2.05) is 0 Å². The lowest BCUT2D eigenvalue weighted by molar-refractivity contribution is -0.138. The quantitative estimate of drug-likeness (QED) is 0.863. The summed E-state index contributed by atoms with van der Waals surface area (Å²) in [5.41, 5.74) is -0.451. The van der Waals surface area contributed by atoms with Crippen LogP contribution in [0.3, 0.4) is 0 Å². The zero-order valence-corrected chi connectivity index (χ0v) is 10.2. The Kier molecular flexibility index (Phi) is 3.23. The lowest BCUT2D eigenvalue weighted by atomic mass is 10.1. The van der Waals surface area contributed by atoms with Crippen molar-refractivity contribution in [3.8, 4) is 0 Å². The van der Waals surface area contributed by atoms with Gasteiger partial charge in [0.15, 0.2) is 0 Å². The second-order valence-electron chi connectivity index (χ2n) is 4.09. The monoisotopic (exact) mass is 298 g/mol. The van der Waals surface area contributed by atoms with E-state index in [9.17, 15) is 18.0 Å². The molecule has 1 saturated carbocycles. The molecule has 1 aliphatic carbocycles. The van der Waals surface area contributed by atoms with Gasteiger partial charge in [0.1, 0.15) is 10.2 Å². The van der Waals surface area contributed by atoms with Gasteiger partial charge in [0.25, 0.3) is 6.43 Å². The number of benzene rings is 1. The molecule has 0 amide bonds. The molecule has 0 aliphatic heterocycles. The first-order valence-corrected chi connectivity index (χ1v) is 5.70. The minimum Gasteiger partial charge on any atom is -0.481 e. The molecule has 0 unspecified atom stereocenters. The molecule has 0 heterocycles. The Labute approximate surface area is 110 Å². The highest BCUT2D eigenvalue weighted by Gasteiger charge is 2.68. The van der Waals surface area contributed by atoms with Crippen LogP contribution in [0.25, 0.3) is 0 Å². The summed E-state index contributed by atoms with van der Waals surface area (Å²) in [5, 5.41) is 8.86. The molecule has 2 nitrogen and oxygen atoms in total. The van der Waals surface area contributed by atoms with E-state index in [2.05, 4.69) is 0 Å². The largest absolute Gasteiger partial charge is 0.481 e. The molecular formula is C11H7Cl2F3O2. The summed E-state index contributed by atoms with van der Waals surface area (Å²) in [6.07, 6.45) is -2.85. The highest BCUT2D eigenvalue weighted by Crippen LogP contribution is 2.65. The molecule has 7 heteroatoms. The SMILES string of the molecule is O=C(O)[C@@H]1[C@@H](c2cc(F)cc(C(F)F)c2)C1(Cl)Cl. The first kappa shape index (κ1) is 13.5. The smallest absolute Gasteiger partial charge is 0.310 e. The summed E-state index contributed by atoms with van der Waals surface area (Å²) >= 11 is 11.5. The van der Waals surface area contributed by atoms with E-state index in [0.717, 1.165) is 12.1 Å². The molecule has 2 atom stereocenters. The average molecular weight is 299 g/mol. The van der Waals surface area contributed by atoms with Crippen LogP contribution in [0.5, 0.6) is 0 Å². The van der Waals surface area contributed by atoms with Crippen molar-refractivity contribution in [2.24, 2.45) is 5.92 Å². The van der Waals surface area contributed by atoms with Crippen molar-refractivity contribution in [1.82, 2.24) is 0 Å². The molecule has 0 saturated heterocycles. The second kappa shape index (κ2) is 4.31. The summed E-state index contributed by atoms with van der Waals surface area (Å²) in [6.45, 7) is 0. The third kappa shape index (κ3) is 2.17. The first-order valence-electron chi connectivity index (χ1n) is 4.94. The second-order valence-corrected chi connectivity index (χ2v) is 5.53. The van der Waals surface area contributed by atoms with Crippen LogP contribution < -0.4 is 0 Å². The zero-order chi connectivity index (χ0) is 13.7. The van der Waals surface area contributed by atoms with Crippen LogP contribution in [0.1, 0.15) is 23.5 Å². The Morgan fingerprint density at radius 1 is 1.33 bits per heavy atom. The molecule has 1 aliphatic rings. The van der Waals surface area contributed by atoms with Crippen molar-refractivity contribution < 1.29 is 23.1 Å². The highest BCUT2D eigenvalue weighted by atomic mass is 35.5. The number of halogens is 5. The van der Waals surface area contributed by atoms with Crippen molar-refractivity contribution in [1.29, 1.82) is 0 Å². The van der Waals surface area contributed by atoms with Gasteiger partial charge in [-0.2, -0.15) is 0 Å². The third-order valence-corrected chi connectivity index (χ3v) is 3.81. The Morgan fingerprint density at radius 3 is 2.39 bits per heavy atom. The lowest BCUT2D eigenvalue weighted by Gasteiger charge is -2.05. The Bertz CT molecular complexity index is 505. The van der Waals surface area contributed by atoms with E-state index in [4.69, 9.17) is 28.3 Å². The van der Waals surface area contributed by atoms with Crippen molar-refractivity contribution in [3.63, 3.8) is 0 Å². The van der Waals surface area contributed by atoms with Crippen LogP contribution in [-0.2, 0) is 4.79 Å². The Morgan fingerprint density at radius 2 is 1.94 bits per heavy atom. The van der Waals surface area contributed by atoms with E-state index in [-0.39, 0.29) is 5.56 Å². The van der Waals surface area contributed by atoms with Crippen LogP contribution in [0.4, 0.5) is 13.2 Å². The van der Waals surface area contributed by atoms with Gasteiger partial charge in [0.2, 0.25) is 0 Å². The molecular weight excluding hydrogens is 292 g/mol. The van der Waals surface area contributed by atoms with Crippen LogP contribution in [0.15, 0.2) is 18.2 Å². The fourth-order valence-corrected chi connectivity index (χ4v) is 2.81. The van der Waals surface area contributed by atoms with E-state index < -0.39 is 39.9 Å². The van der Waals surface area contributed by atoms with E-state index >= 15 is 0 Å². The maximum absolute atomic E-state index is 13.2. The molecule has 0 aromatic heterocycles. The van der Waals surface area contributed by atoms with Gasteiger partial charge in [-0.05, 0) is 23.8 Å². The molecule has 1 fully saturated rings. The molecule has 1 N–H and O–H groups in total. The van der Waals surface area contributed by atoms with Gasteiger partial charge in [0.05, 0.1) is 5.92 Å². The zero-order valence-electron chi connectivity index (χ0n) is 8.71. The number of hydrogen-bond donors (Lipinski definition) is 1. The van der Waals surface area contributed by atoms with Gasteiger partial charge >= 0.3 is 5.97 Å². The van der Waals surface area contributed by atoms with Crippen LogP contribution in [-0.4, -0.2) is 15.4 Å². The van der Waals surface area contributed by atoms with Crippen molar-refractivity contribution in [2.45, 2.75) is 16.7 Å². The summed E-state index contributed by atoms with van der Waals surface area (Å²) in [7, 11) is 0. The predicted molar refractivity (Wildman–Crippen MR) is 59.7 cm³/mol. The minimum absolute atomic E-state index is 0.0719. The number of aliphatic carboxylic acids is 1. The van der Waals surface area contributed by atoms with Crippen molar-refractivity contribution >= 4 is 29.2 Å². The van der Waals surface area contributed by atoms with Gasteiger partial charge < -0.3 is 5.11 Å². The van der Waals surface area contributed by atoms with E-state index in [1.165, 1.54) is 0 Å². The number of hydrogen-bond acceptors (Lipinski definition) is 1. The standard InChI is InChI=1S/C11H7Cl2F3O2/c12-11(13)7(8(11)10(17)18)4-1-5(9(15)16)3-6(14)2-4/h1-3,7-9H,(H,17,18)/t7-,8+/m1/s1. The van der Waals surface area contributed by atoms with Crippen molar-refractivity contribution in [3.05, 3.63) is 35.1 Å². The predicted octanol–water partition coefficient (Wildman–Crippen LogP) is 3.74. The molecule has 0 spiro atoms. The first-order chi connectivity index (χ1) is 8.25. The minimum atomic E-state index is -2.85. The molecule has 1 aromatic carbocycles. The third-order valence-electron chi connectivity index (χ3n) is 2.87. The summed E-state index contributed by atoms with van der Waals surface area (Å²) in [5.74, 6) is -4.12. The number of carbonyl (C=O) groups is 1. The molecule has 1 aromatic rings. The van der Waals surface area contributed by atoms with Gasteiger partial charge in [-0.1, -0.05) is 23.2 Å². The van der Waals surface area contributed by atoms with Crippen LogP contribution >= 0.6 is 23.2 Å². The number of rotatable bonds is 3. The molecule has 0 bridgehead atoms. The fourth-order valence-electron chi connectivity index (χ4n) is 1.99. The molecule has 98 valence electrons. The summed E-state index contributed by atoms with van der Waals surface area (Å²) in [6, 6.07) is 2.69. The van der Waals surface area contributed by atoms with Crippen LogP contribution in [0, 0.1) is 11.7 Å². The molecule has 18 heavy (non-hydrogen) atoms. The van der Waals surface area contributed by atoms with Crippen LogP contribution in [0.2, 0.25) is 0 Å². The normalized spacial score (nSPS) is 25.2. The van der Waals surface area contributed by atoms with Gasteiger partial charge in [-0.25, -0.2) is 13.2 Å². The average Bonchev–Trinajstić information content (AvgIpc) is 2.80. The summed E-state index contributed by atoms with van der Waals surface area (Å²) in [4.78, 5) is 10.9. The maximum Gasteiger partial charge on any atom is 0.310 e. The van der Waals surface area contributed by atoms with E-state index in [0.29, 0.717) is 6.07 Å². The topological polar surface area (TPSA) is 37.3 Å². The lowest BCUT2D eigenvalue weighted by Crippen LogP contribution is -2.03. The Balaban J connectivity index is 2.39. The van der Waals surface area contributed by atoms with Gasteiger partial charge in [-0.15, -0.1) is 0 Å². The fraction of sp³-hybridized carbons (Fsp3) is 0.364. The number of alkyl halides is 4. The van der Waals surface area contributed by atoms with Gasteiger partial charge in [0, 0.05) is 11.5 Å². The summed E-state index contributed by atoms with van der Waals surface area (Å²) < 4.78 is 36.6. The number of carboxylic acid groups (broad SMARTS) is 1. The molecule has 2 rings (SSSR count). The van der Waals surface area contributed by atoms with Crippen molar-refractivity contribution in [2.75, 3.05) is 0 Å². The van der Waals surface area contributed by atoms with Gasteiger partial charge in [-0.3, -0.25) is 4.79 Å².